The topological polar surface area (TPSA) is 63.2 Å². The molecule has 1 aliphatic heterocycles. The van der Waals surface area contributed by atoms with Gasteiger partial charge in [-0.1, -0.05) is 6.07 Å². The average Bonchev–Trinajstić information content (AvgIpc) is 2.80. The summed E-state index contributed by atoms with van der Waals surface area (Å²) in [5.41, 5.74) is 2.27. The number of aryl methyl sites for hydroxylation is 2. The molecule has 18 heavy (non-hydrogen) atoms. The SMILES string of the molecule is COC(=O)[C@@H]1C[C@H](Nc2ncc(C)cc2C)CN1. The van der Waals surface area contributed by atoms with E-state index in [4.69, 9.17) is 4.74 Å². The van der Waals surface area contributed by atoms with E-state index in [-0.39, 0.29) is 18.1 Å². The van der Waals surface area contributed by atoms with Crippen molar-refractivity contribution < 1.29 is 9.53 Å². The Hall–Kier alpha value is -1.62. The van der Waals surface area contributed by atoms with Crippen LogP contribution in [0.15, 0.2) is 12.3 Å². The number of methoxy groups -OCH3 is 1. The number of hydrogen-bond donors (Lipinski definition) is 2. The molecule has 0 aromatic carbocycles. The standard InChI is InChI=1S/C13H19N3O2/c1-8-4-9(2)12(15-6-8)16-10-5-11(14-7-10)13(17)18-3/h4,6,10-11,14H,5,7H2,1-3H3,(H,15,16)/t10-,11-/m0/s1. The number of esters is 1. The van der Waals surface area contributed by atoms with Crippen molar-refractivity contribution in [3.63, 3.8) is 0 Å². The maximum Gasteiger partial charge on any atom is 0.322 e. The minimum Gasteiger partial charge on any atom is -0.468 e. The molecule has 5 nitrogen and oxygen atoms in total. The van der Waals surface area contributed by atoms with E-state index in [1.807, 2.05) is 20.0 Å². The van der Waals surface area contributed by atoms with Crippen molar-refractivity contribution in [1.82, 2.24) is 10.3 Å². The number of pyridine rings is 1. The van der Waals surface area contributed by atoms with Crippen LogP contribution in [0.3, 0.4) is 0 Å². The Morgan fingerprint density at radius 3 is 3.00 bits per heavy atom. The van der Waals surface area contributed by atoms with Crippen molar-refractivity contribution >= 4 is 11.8 Å². The summed E-state index contributed by atoms with van der Waals surface area (Å²) in [6.07, 6.45) is 2.57. The number of nitrogens with one attached hydrogen (secondary N) is 2. The zero-order valence-electron chi connectivity index (χ0n) is 11.0. The highest BCUT2D eigenvalue weighted by atomic mass is 16.5. The zero-order valence-corrected chi connectivity index (χ0v) is 11.0. The summed E-state index contributed by atoms with van der Waals surface area (Å²) < 4.78 is 4.73. The van der Waals surface area contributed by atoms with Crippen molar-refractivity contribution in [2.45, 2.75) is 32.4 Å². The number of carbonyl (C=O) groups excluding carboxylic acids is 1. The molecule has 0 aliphatic carbocycles. The van der Waals surface area contributed by atoms with Crippen molar-refractivity contribution in [3.05, 3.63) is 23.4 Å². The lowest BCUT2D eigenvalue weighted by Gasteiger charge is -2.14. The summed E-state index contributed by atoms with van der Waals surface area (Å²) in [5.74, 6) is 0.686. The molecule has 1 fully saturated rings. The minimum atomic E-state index is -0.210. The summed E-state index contributed by atoms with van der Waals surface area (Å²) in [4.78, 5) is 15.8. The molecule has 0 unspecified atom stereocenters. The number of anilines is 1. The number of aromatic nitrogens is 1. The highest BCUT2D eigenvalue weighted by molar-refractivity contribution is 5.76. The Balaban J connectivity index is 1.97. The highest BCUT2D eigenvalue weighted by Gasteiger charge is 2.30. The van der Waals surface area contributed by atoms with Crippen LogP contribution in [0.1, 0.15) is 17.5 Å². The summed E-state index contributed by atoms with van der Waals surface area (Å²) in [6.45, 7) is 4.80. The molecule has 2 rings (SSSR count). The Bertz CT molecular complexity index is 448. The van der Waals surface area contributed by atoms with Crippen molar-refractivity contribution in [2.75, 3.05) is 19.0 Å². The minimum absolute atomic E-state index is 0.201. The molecule has 0 spiro atoms. The van der Waals surface area contributed by atoms with Crippen LogP contribution in [0.5, 0.6) is 0 Å². The fourth-order valence-electron chi connectivity index (χ4n) is 2.23. The second-order valence-corrected chi connectivity index (χ2v) is 4.74. The van der Waals surface area contributed by atoms with Gasteiger partial charge in [-0.2, -0.15) is 0 Å². The van der Waals surface area contributed by atoms with Gasteiger partial charge in [-0.25, -0.2) is 4.98 Å². The van der Waals surface area contributed by atoms with Crippen LogP contribution in [0, 0.1) is 13.8 Å². The molecular formula is C13H19N3O2. The van der Waals surface area contributed by atoms with Gasteiger partial charge in [0, 0.05) is 18.8 Å². The fraction of sp³-hybridized carbons (Fsp3) is 0.538. The van der Waals surface area contributed by atoms with Gasteiger partial charge in [-0.3, -0.25) is 4.79 Å². The third kappa shape index (κ3) is 2.79. The van der Waals surface area contributed by atoms with Crippen LogP contribution < -0.4 is 10.6 Å². The maximum absolute atomic E-state index is 11.4. The largest absolute Gasteiger partial charge is 0.468 e. The fourth-order valence-corrected chi connectivity index (χ4v) is 2.23. The van der Waals surface area contributed by atoms with Gasteiger partial charge in [-0.15, -0.1) is 0 Å². The van der Waals surface area contributed by atoms with Crippen molar-refractivity contribution in [3.8, 4) is 0 Å². The van der Waals surface area contributed by atoms with E-state index < -0.39 is 0 Å². The molecule has 5 heteroatoms. The van der Waals surface area contributed by atoms with Crippen LogP contribution in [-0.2, 0) is 9.53 Å². The van der Waals surface area contributed by atoms with E-state index in [0.29, 0.717) is 0 Å². The molecule has 1 aliphatic rings. The predicted molar refractivity (Wildman–Crippen MR) is 69.5 cm³/mol. The molecule has 98 valence electrons. The first-order chi connectivity index (χ1) is 8.60. The van der Waals surface area contributed by atoms with Gasteiger partial charge in [0.2, 0.25) is 0 Å². The normalized spacial score (nSPS) is 22.8. The second-order valence-electron chi connectivity index (χ2n) is 4.74. The first kappa shape index (κ1) is 12.8. The smallest absolute Gasteiger partial charge is 0.322 e. The molecular weight excluding hydrogens is 230 g/mol. The van der Waals surface area contributed by atoms with E-state index in [0.717, 1.165) is 29.9 Å². The lowest BCUT2D eigenvalue weighted by molar-refractivity contribution is -0.142. The molecule has 1 aromatic heterocycles. The lowest BCUT2D eigenvalue weighted by atomic mass is 10.1. The summed E-state index contributed by atoms with van der Waals surface area (Å²) in [5, 5.41) is 6.51. The lowest BCUT2D eigenvalue weighted by Crippen LogP contribution is -2.31. The van der Waals surface area contributed by atoms with Crippen LogP contribution in [-0.4, -0.2) is 36.7 Å². The van der Waals surface area contributed by atoms with Gasteiger partial charge >= 0.3 is 5.97 Å². The first-order valence-electron chi connectivity index (χ1n) is 6.11. The molecule has 2 N–H and O–H groups in total. The summed E-state index contributed by atoms with van der Waals surface area (Å²) >= 11 is 0. The Morgan fingerprint density at radius 1 is 1.56 bits per heavy atom. The molecule has 2 heterocycles. The van der Waals surface area contributed by atoms with Crippen molar-refractivity contribution in [2.24, 2.45) is 0 Å². The molecule has 2 atom stereocenters. The molecule has 0 amide bonds. The Labute approximate surface area is 107 Å². The number of nitrogens with zero attached hydrogens (tertiary/aromatic N) is 1. The van der Waals surface area contributed by atoms with Gasteiger partial charge < -0.3 is 15.4 Å². The number of carbonyl (C=O) groups is 1. The molecule has 1 aromatic rings. The first-order valence-corrected chi connectivity index (χ1v) is 6.11. The van der Waals surface area contributed by atoms with E-state index in [1.54, 1.807) is 0 Å². The average molecular weight is 249 g/mol. The van der Waals surface area contributed by atoms with Gasteiger partial charge in [0.25, 0.3) is 0 Å². The van der Waals surface area contributed by atoms with Gasteiger partial charge in [0.15, 0.2) is 0 Å². The highest BCUT2D eigenvalue weighted by Crippen LogP contribution is 2.17. The van der Waals surface area contributed by atoms with E-state index in [9.17, 15) is 4.79 Å². The van der Waals surface area contributed by atoms with Gasteiger partial charge in [-0.05, 0) is 31.4 Å². The zero-order chi connectivity index (χ0) is 13.1. The monoisotopic (exact) mass is 249 g/mol. The Morgan fingerprint density at radius 2 is 2.33 bits per heavy atom. The third-order valence-corrected chi connectivity index (χ3v) is 3.17. The summed E-state index contributed by atoms with van der Waals surface area (Å²) in [6, 6.07) is 2.09. The van der Waals surface area contributed by atoms with E-state index in [2.05, 4.69) is 21.7 Å². The van der Waals surface area contributed by atoms with E-state index >= 15 is 0 Å². The summed E-state index contributed by atoms with van der Waals surface area (Å²) in [7, 11) is 1.41. The molecule has 0 bridgehead atoms. The predicted octanol–water partition coefficient (Wildman–Crippen LogP) is 1.01. The van der Waals surface area contributed by atoms with Crippen LogP contribution >= 0.6 is 0 Å². The van der Waals surface area contributed by atoms with Crippen LogP contribution in [0.25, 0.3) is 0 Å². The maximum atomic E-state index is 11.4. The van der Waals surface area contributed by atoms with Gasteiger partial charge in [0.1, 0.15) is 11.9 Å². The number of hydrogen-bond acceptors (Lipinski definition) is 5. The molecule has 1 saturated heterocycles. The third-order valence-electron chi connectivity index (χ3n) is 3.17. The van der Waals surface area contributed by atoms with Crippen molar-refractivity contribution in [1.29, 1.82) is 0 Å². The van der Waals surface area contributed by atoms with Crippen LogP contribution in [0.2, 0.25) is 0 Å². The van der Waals surface area contributed by atoms with E-state index in [1.165, 1.54) is 7.11 Å². The quantitative estimate of drug-likeness (QED) is 0.783. The van der Waals surface area contributed by atoms with Gasteiger partial charge in [0.05, 0.1) is 7.11 Å². The number of ether oxygens (including phenoxy) is 1. The Kier molecular flexibility index (Phi) is 3.81. The molecule has 0 saturated carbocycles. The number of rotatable bonds is 3. The molecule has 0 radical (unpaired) electrons. The van der Waals surface area contributed by atoms with Crippen LogP contribution in [0.4, 0.5) is 5.82 Å². The second kappa shape index (κ2) is 5.35.